The Kier molecular flexibility index (Phi) is 11.3. The van der Waals surface area contributed by atoms with Crippen molar-refractivity contribution in [3.8, 4) is 0 Å². The van der Waals surface area contributed by atoms with Gasteiger partial charge in [0.15, 0.2) is 5.65 Å². The molecule has 0 spiro atoms. The zero-order valence-electron chi connectivity index (χ0n) is 23.1. The molecule has 1 aliphatic rings. The number of halogens is 3. The van der Waals surface area contributed by atoms with Crippen molar-refractivity contribution in [1.29, 1.82) is 0 Å². The smallest absolute Gasteiger partial charge is 0.259 e. The molecule has 1 aromatic carbocycles. The third-order valence-electron chi connectivity index (χ3n) is 7.56. The Morgan fingerprint density at radius 3 is 2.60 bits per heavy atom. The van der Waals surface area contributed by atoms with Crippen LogP contribution >= 0.6 is 24.8 Å². The summed E-state index contributed by atoms with van der Waals surface area (Å²) in [7, 11) is 2.11. The zero-order valence-corrected chi connectivity index (χ0v) is 24.7. The highest BCUT2D eigenvalue weighted by molar-refractivity contribution is 6.06. The van der Waals surface area contributed by atoms with Crippen LogP contribution in [-0.2, 0) is 6.54 Å². The minimum Gasteiger partial charge on any atom is -0.330 e. The second-order valence-electron chi connectivity index (χ2n) is 10.4. The Bertz CT molecular complexity index is 1440. The van der Waals surface area contributed by atoms with E-state index in [0.717, 1.165) is 80.4 Å². The number of hydrogen-bond donors (Lipinski definition) is 2. The zero-order chi connectivity index (χ0) is 26.6. The summed E-state index contributed by atoms with van der Waals surface area (Å²) in [5, 5.41) is 8.10. The number of likely N-dealkylation sites (tertiary alicyclic amines) is 1. The number of carbonyl (C=O) groups is 1. The predicted molar refractivity (Wildman–Crippen MR) is 161 cm³/mol. The van der Waals surface area contributed by atoms with Gasteiger partial charge in [0.25, 0.3) is 5.91 Å². The Morgan fingerprint density at radius 2 is 1.88 bits per heavy atom. The molecule has 12 heteroatoms. The number of benzene rings is 1. The van der Waals surface area contributed by atoms with Crippen LogP contribution in [0.15, 0.2) is 30.7 Å². The number of aromatic nitrogens is 5. The van der Waals surface area contributed by atoms with Gasteiger partial charge in [-0.05, 0) is 64.9 Å². The van der Waals surface area contributed by atoms with E-state index in [0.29, 0.717) is 17.5 Å². The number of rotatable bonds is 11. The summed E-state index contributed by atoms with van der Waals surface area (Å²) >= 11 is 0. The number of anilines is 1. The van der Waals surface area contributed by atoms with Crippen LogP contribution in [0, 0.1) is 12.7 Å². The molecule has 9 nitrogen and oxygen atoms in total. The number of amides is 1. The van der Waals surface area contributed by atoms with E-state index in [4.69, 9.17) is 10.7 Å². The number of hydrogen-bond acceptors (Lipinski definition) is 6. The maximum atomic E-state index is 15.0. The molecule has 1 atom stereocenters. The first kappa shape index (κ1) is 31.7. The standard InChI is InChI=1S/C28H37FN8O.2ClH/c1-19-20-14-22(29)21(15-25(20)37(34-19)13-8-6-4-3-5-7-11-30)28(38)33-26-18-36-17-23(32-27(36)16-31-26)24-10-9-12-35(24)2;;/h14-18,24H,3-13,30H2,1-2H3,(H,33,38);2*1H/t24-;;/m1../s1. The fraction of sp³-hybridized carbons (Fsp3) is 0.500. The van der Waals surface area contributed by atoms with Crippen LogP contribution < -0.4 is 11.1 Å². The molecule has 0 saturated carbocycles. The molecule has 1 amide bonds. The van der Waals surface area contributed by atoms with Crippen LogP contribution in [0.3, 0.4) is 0 Å². The number of carbonyl (C=O) groups excluding carboxylic acids is 1. The highest BCUT2D eigenvalue weighted by atomic mass is 35.5. The molecule has 1 saturated heterocycles. The number of aryl methyl sites for hydroxylation is 2. The molecule has 40 heavy (non-hydrogen) atoms. The largest absolute Gasteiger partial charge is 0.330 e. The van der Waals surface area contributed by atoms with Crippen LogP contribution in [-0.4, -0.2) is 55.1 Å². The summed E-state index contributed by atoms with van der Waals surface area (Å²) in [6.07, 6.45) is 14.2. The maximum Gasteiger partial charge on any atom is 0.259 e. The number of fused-ring (bicyclic) bond motifs is 2. The van der Waals surface area contributed by atoms with Gasteiger partial charge in [-0.15, -0.1) is 24.8 Å². The summed E-state index contributed by atoms with van der Waals surface area (Å²) in [5.41, 5.74) is 8.76. The van der Waals surface area contributed by atoms with Crippen LogP contribution in [0.2, 0.25) is 0 Å². The van der Waals surface area contributed by atoms with Crippen molar-refractivity contribution in [2.75, 3.05) is 25.5 Å². The lowest BCUT2D eigenvalue weighted by atomic mass is 10.1. The molecule has 0 radical (unpaired) electrons. The first-order chi connectivity index (χ1) is 18.4. The van der Waals surface area contributed by atoms with Crippen molar-refractivity contribution in [1.82, 2.24) is 29.0 Å². The molecular formula is C28H39Cl2FN8O. The van der Waals surface area contributed by atoms with Gasteiger partial charge in [0, 0.05) is 18.1 Å². The first-order valence-corrected chi connectivity index (χ1v) is 13.7. The second kappa shape index (κ2) is 14.2. The minimum atomic E-state index is -0.576. The average Bonchev–Trinajstić information content (AvgIpc) is 3.59. The van der Waals surface area contributed by atoms with E-state index < -0.39 is 11.7 Å². The molecule has 218 valence electrons. The van der Waals surface area contributed by atoms with Crippen molar-refractivity contribution in [3.05, 3.63) is 53.5 Å². The van der Waals surface area contributed by atoms with Crippen LogP contribution in [0.5, 0.6) is 0 Å². The molecule has 0 unspecified atom stereocenters. The Hall–Kier alpha value is -2.79. The summed E-state index contributed by atoms with van der Waals surface area (Å²) in [6.45, 7) is 4.40. The molecule has 1 aliphatic heterocycles. The summed E-state index contributed by atoms with van der Waals surface area (Å²) in [4.78, 5) is 24.5. The molecule has 1 fully saturated rings. The molecule has 4 aromatic rings. The van der Waals surface area contributed by atoms with E-state index in [9.17, 15) is 4.79 Å². The van der Waals surface area contributed by atoms with Crippen LogP contribution in [0.4, 0.5) is 10.2 Å². The van der Waals surface area contributed by atoms with Crippen LogP contribution in [0.25, 0.3) is 16.6 Å². The molecule has 3 aromatic heterocycles. The topological polar surface area (TPSA) is 106 Å². The fourth-order valence-electron chi connectivity index (χ4n) is 5.42. The van der Waals surface area contributed by atoms with Gasteiger partial charge < -0.3 is 15.5 Å². The average molecular weight is 594 g/mol. The summed E-state index contributed by atoms with van der Waals surface area (Å²) in [6, 6.07) is 3.30. The number of nitrogens with two attached hydrogens (primary N) is 1. The van der Waals surface area contributed by atoms with E-state index in [1.807, 2.05) is 22.2 Å². The van der Waals surface area contributed by atoms with E-state index in [1.165, 1.54) is 18.9 Å². The van der Waals surface area contributed by atoms with Gasteiger partial charge in [0.05, 0.1) is 40.9 Å². The van der Waals surface area contributed by atoms with E-state index in [2.05, 4.69) is 27.3 Å². The Morgan fingerprint density at radius 1 is 1.12 bits per heavy atom. The van der Waals surface area contributed by atoms with Gasteiger partial charge in [-0.1, -0.05) is 25.7 Å². The number of nitrogens with zero attached hydrogens (tertiary/aromatic N) is 6. The second-order valence-corrected chi connectivity index (χ2v) is 10.4. The first-order valence-electron chi connectivity index (χ1n) is 13.7. The highest BCUT2D eigenvalue weighted by Crippen LogP contribution is 2.30. The Balaban J connectivity index is 0.00000220. The van der Waals surface area contributed by atoms with Gasteiger partial charge in [-0.2, -0.15) is 5.10 Å². The summed E-state index contributed by atoms with van der Waals surface area (Å²) in [5.74, 6) is -0.782. The van der Waals surface area contributed by atoms with Gasteiger partial charge >= 0.3 is 0 Å². The van der Waals surface area contributed by atoms with E-state index in [1.54, 1.807) is 18.5 Å². The quantitative estimate of drug-likeness (QED) is 0.217. The number of imidazole rings is 1. The Labute approximate surface area is 246 Å². The van der Waals surface area contributed by atoms with E-state index in [-0.39, 0.29) is 30.4 Å². The van der Waals surface area contributed by atoms with Crippen molar-refractivity contribution >= 4 is 53.1 Å². The van der Waals surface area contributed by atoms with Gasteiger partial charge in [-0.3, -0.25) is 14.4 Å². The molecular weight excluding hydrogens is 554 g/mol. The van der Waals surface area contributed by atoms with Crippen molar-refractivity contribution in [2.45, 2.75) is 70.9 Å². The minimum absolute atomic E-state index is 0. The van der Waals surface area contributed by atoms with Crippen LogP contribution in [0.1, 0.15) is 79.2 Å². The fourth-order valence-corrected chi connectivity index (χ4v) is 5.42. The number of nitrogens with one attached hydrogen (secondary N) is 1. The molecule has 5 rings (SSSR count). The summed E-state index contributed by atoms with van der Waals surface area (Å²) < 4.78 is 18.8. The lowest BCUT2D eigenvalue weighted by Crippen LogP contribution is -2.17. The van der Waals surface area contributed by atoms with Gasteiger partial charge in [-0.25, -0.2) is 14.4 Å². The highest BCUT2D eigenvalue weighted by Gasteiger charge is 2.25. The monoisotopic (exact) mass is 592 g/mol. The lowest BCUT2D eigenvalue weighted by molar-refractivity contribution is 0.102. The van der Waals surface area contributed by atoms with Gasteiger partial charge in [0.1, 0.15) is 11.6 Å². The molecule has 3 N–H and O–H groups in total. The van der Waals surface area contributed by atoms with Gasteiger partial charge in [0.2, 0.25) is 0 Å². The SMILES string of the molecule is Cc1nn(CCCCCCCCN)c2cc(C(=O)Nc3cn4cc([C@H]5CCCN5C)nc4cn3)c(F)cc12.Cl.Cl. The third kappa shape index (κ3) is 6.91. The van der Waals surface area contributed by atoms with Crippen molar-refractivity contribution in [3.63, 3.8) is 0 Å². The molecule has 0 aliphatic carbocycles. The maximum absolute atomic E-state index is 15.0. The molecule has 4 heterocycles. The number of unbranched alkanes of at least 4 members (excludes halogenated alkanes) is 5. The van der Waals surface area contributed by atoms with E-state index >= 15 is 4.39 Å². The third-order valence-corrected chi connectivity index (χ3v) is 7.56. The molecule has 0 bridgehead atoms. The van der Waals surface area contributed by atoms with Crippen molar-refractivity contribution in [2.24, 2.45) is 5.73 Å². The van der Waals surface area contributed by atoms with Crippen molar-refractivity contribution < 1.29 is 9.18 Å². The predicted octanol–water partition coefficient (Wildman–Crippen LogP) is 5.69. The lowest BCUT2D eigenvalue weighted by Gasteiger charge is -2.16. The normalized spacial score (nSPS) is 15.3.